The maximum Gasteiger partial charge on any atom is 0.243 e. The molecule has 2 saturated heterocycles. The van der Waals surface area contributed by atoms with Gasteiger partial charge in [0.25, 0.3) is 0 Å². The summed E-state index contributed by atoms with van der Waals surface area (Å²) in [6.45, 7) is 4.68. The van der Waals surface area contributed by atoms with E-state index in [-0.39, 0.29) is 4.90 Å². The van der Waals surface area contributed by atoms with Crippen molar-refractivity contribution in [2.75, 3.05) is 39.8 Å². The molecule has 0 unspecified atom stereocenters. The molecule has 3 rings (SSSR count). The molecule has 2 aliphatic heterocycles. The average Bonchev–Trinajstić information content (AvgIpc) is 2.91. The number of rotatable bonds is 5. The lowest BCUT2D eigenvalue weighted by Gasteiger charge is -2.34. The molecule has 0 aromatic heterocycles. The fraction of sp³-hybridized carbons (Fsp3) is 0.684. The number of benzene rings is 1. The van der Waals surface area contributed by atoms with E-state index in [1.807, 2.05) is 0 Å². The van der Waals surface area contributed by atoms with Crippen LogP contribution in [-0.4, -0.2) is 57.5 Å². The van der Waals surface area contributed by atoms with E-state index in [0.717, 1.165) is 19.4 Å². The van der Waals surface area contributed by atoms with E-state index < -0.39 is 10.0 Å². The van der Waals surface area contributed by atoms with Gasteiger partial charge in [0.05, 0.1) is 17.0 Å². The highest BCUT2D eigenvalue weighted by atomic mass is 35.5. The molecule has 2 heterocycles. The van der Waals surface area contributed by atoms with Gasteiger partial charge in [0.15, 0.2) is 0 Å². The normalized spacial score (nSPS) is 21.5. The fourth-order valence-corrected chi connectivity index (χ4v) is 5.79. The topological polar surface area (TPSA) is 49.9 Å². The summed E-state index contributed by atoms with van der Waals surface area (Å²) >= 11 is 6.11. The van der Waals surface area contributed by atoms with E-state index in [1.54, 1.807) is 16.4 Å². The highest BCUT2D eigenvalue weighted by Gasteiger charge is 2.30. The SMILES string of the molecule is COc1ccc(S(=O)(=O)N2CCC(CN3CCCCCC3)CC2)cc1Cl. The van der Waals surface area contributed by atoms with Gasteiger partial charge in [0.2, 0.25) is 10.0 Å². The second-order valence-electron chi connectivity index (χ2n) is 7.36. The Balaban J connectivity index is 1.58. The van der Waals surface area contributed by atoms with Gasteiger partial charge in [-0.15, -0.1) is 0 Å². The molecule has 5 nitrogen and oxygen atoms in total. The first-order valence-electron chi connectivity index (χ1n) is 9.57. The summed E-state index contributed by atoms with van der Waals surface area (Å²) in [5.41, 5.74) is 0. The molecular weight excluding hydrogens is 372 g/mol. The predicted octanol–water partition coefficient (Wildman–Crippen LogP) is 3.63. The lowest BCUT2D eigenvalue weighted by atomic mass is 9.97. The number of hydrogen-bond donors (Lipinski definition) is 0. The Morgan fingerprint density at radius 2 is 1.73 bits per heavy atom. The first kappa shape index (κ1) is 19.9. The number of methoxy groups -OCH3 is 1. The third kappa shape index (κ3) is 4.71. The van der Waals surface area contributed by atoms with Crippen molar-refractivity contribution in [3.05, 3.63) is 23.2 Å². The maximum absolute atomic E-state index is 12.9. The smallest absolute Gasteiger partial charge is 0.243 e. The molecule has 146 valence electrons. The zero-order valence-corrected chi connectivity index (χ0v) is 17.1. The minimum atomic E-state index is -3.49. The van der Waals surface area contributed by atoms with Crippen LogP contribution in [0.3, 0.4) is 0 Å². The second kappa shape index (κ2) is 8.91. The van der Waals surface area contributed by atoms with E-state index in [1.165, 1.54) is 51.9 Å². The van der Waals surface area contributed by atoms with Crippen LogP contribution in [0.15, 0.2) is 23.1 Å². The number of piperidine rings is 1. The molecule has 26 heavy (non-hydrogen) atoms. The third-order valence-electron chi connectivity index (χ3n) is 5.55. The van der Waals surface area contributed by atoms with Crippen molar-refractivity contribution in [3.63, 3.8) is 0 Å². The molecule has 0 aliphatic carbocycles. The molecule has 2 fully saturated rings. The molecule has 0 atom stereocenters. The van der Waals surface area contributed by atoms with E-state index in [2.05, 4.69) is 4.90 Å². The zero-order valence-electron chi connectivity index (χ0n) is 15.5. The molecule has 0 amide bonds. The summed E-state index contributed by atoms with van der Waals surface area (Å²) < 4.78 is 32.5. The summed E-state index contributed by atoms with van der Waals surface area (Å²) in [7, 11) is -1.97. The highest BCUT2D eigenvalue weighted by Crippen LogP contribution is 2.30. The van der Waals surface area contributed by atoms with Gasteiger partial charge in [-0.1, -0.05) is 24.4 Å². The van der Waals surface area contributed by atoms with Gasteiger partial charge < -0.3 is 9.64 Å². The average molecular weight is 401 g/mol. The van der Waals surface area contributed by atoms with E-state index in [9.17, 15) is 8.42 Å². The summed E-state index contributed by atoms with van der Waals surface area (Å²) in [4.78, 5) is 2.82. The molecule has 1 aromatic rings. The third-order valence-corrected chi connectivity index (χ3v) is 7.74. The standard InChI is InChI=1S/C19H29ClN2O3S/c1-25-19-7-6-17(14-18(19)20)26(23,24)22-12-8-16(9-13-22)15-21-10-4-2-3-5-11-21/h6-7,14,16H,2-5,8-13,15H2,1H3. The Bertz CT molecular complexity index is 695. The number of nitrogens with zero attached hydrogens (tertiary/aromatic N) is 2. The Hall–Kier alpha value is -0.820. The summed E-state index contributed by atoms with van der Waals surface area (Å²) in [6, 6.07) is 4.67. The van der Waals surface area contributed by atoms with Crippen LogP contribution in [0.2, 0.25) is 5.02 Å². The van der Waals surface area contributed by atoms with Gasteiger partial charge in [-0.05, 0) is 62.9 Å². The van der Waals surface area contributed by atoms with Crippen molar-refractivity contribution < 1.29 is 13.2 Å². The van der Waals surface area contributed by atoms with Crippen LogP contribution < -0.4 is 4.74 Å². The molecule has 7 heteroatoms. The number of sulfonamides is 1. The van der Waals surface area contributed by atoms with Crippen molar-refractivity contribution in [2.45, 2.75) is 43.4 Å². The number of halogens is 1. The van der Waals surface area contributed by atoms with Gasteiger partial charge in [-0.25, -0.2) is 8.42 Å². The molecule has 0 saturated carbocycles. The largest absolute Gasteiger partial charge is 0.495 e. The number of hydrogen-bond acceptors (Lipinski definition) is 4. The quantitative estimate of drug-likeness (QED) is 0.757. The zero-order chi connectivity index (χ0) is 18.6. The van der Waals surface area contributed by atoms with Crippen LogP contribution in [0.4, 0.5) is 0 Å². The Kier molecular flexibility index (Phi) is 6.83. The molecule has 1 aromatic carbocycles. The van der Waals surface area contributed by atoms with Gasteiger partial charge in [0, 0.05) is 19.6 Å². The van der Waals surface area contributed by atoms with Crippen molar-refractivity contribution in [1.29, 1.82) is 0 Å². The predicted molar refractivity (Wildman–Crippen MR) is 104 cm³/mol. The number of ether oxygens (including phenoxy) is 1. The molecule has 0 bridgehead atoms. The highest BCUT2D eigenvalue weighted by molar-refractivity contribution is 7.89. The Labute approximate surface area is 162 Å². The van der Waals surface area contributed by atoms with Crippen molar-refractivity contribution in [3.8, 4) is 5.75 Å². The summed E-state index contributed by atoms with van der Waals surface area (Å²) in [5, 5.41) is 0.324. The van der Waals surface area contributed by atoms with Gasteiger partial charge in [0.1, 0.15) is 5.75 Å². The van der Waals surface area contributed by atoms with Crippen LogP contribution in [0.25, 0.3) is 0 Å². The van der Waals surface area contributed by atoms with E-state index in [4.69, 9.17) is 16.3 Å². The molecule has 2 aliphatic rings. The van der Waals surface area contributed by atoms with E-state index in [0.29, 0.717) is 29.8 Å². The van der Waals surface area contributed by atoms with Crippen molar-refractivity contribution in [1.82, 2.24) is 9.21 Å². The minimum absolute atomic E-state index is 0.245. The molecule has 0 N–H and O–H groups in total. The van der Waals surface area contributed by atoms with Crippen LogP contribution >= 0.6 is 11.6 Å². The Morgan fingerprint density at radius 3 is 2.31 bits per heavy atom. The van der Waals surface area contributed by atoms with Crippen LogP contribution in [0.5, 0.6) is 5.75 Å². The molecular formula is C19H29ClN2O3S. The molecule has 0 radical (unpaired) electrons. The first-order valence-corrected chi connectivity index (χ1v) is 11.4. The van der Waals surface area contributed by atoms with Crippen LogP contribution in [0.1, 0.15) is 38.5 Å². The van der Waals surface area contributed by atoms with Gasteiger partial charge in [-0.2, -0.15) is 4.31 Å². The Morgan fingerprint density at radius 1 is 1.08 bits per heavy atom. The van der Waals surface area contributed by atoms with Crippen LogP contribution in [0, 0.1) is 5.92 Å². The second-order valence-corrected chi connectivity index (χ2v) is 9.70. The lowest BCUT2D eigenvalue weighted by molar-refractivity contribution is 0.186. The van der Waals surface area contributed by atoms with Crippen LogP contribution in [-0.2, 0) is 10.0 Å². The minimum Gasteiger partial charge on any atom is -0.495 e. The van der Waals surface area contributed by atoms with E-state index >= 15 is 0 Å². The summed E-state index contributed by atoms with van der Waals surface area (Å²) in [5.74, 6) is 1.08. The lowest BCUT2D eigenvalue weighted by Crippen LogP contribution is -2.41. The molecule has 0 spiro atoms. The fourth-order valence-electron chi connectivity index (χ4n) is 3.97. The first-order chi connectivity index (χ1) is 12.5. The number of likely N-dealkylation sites (tertiary alicyclic amines) is 1. The van der Waals surface area contributed by atoms with Crippen molar-refractivity contribution >= 4 is 21.6 Å². The van der Waals surface area contributed by atoms with Gasteiger partial charge in [-0.3, -0.25) is 0 Å². The summed E-state index contributed by atoms with van der Waals surface area (Å²) in [6.07, 6.45) is 7.14. The van der Waals surface area contributed by atoms with Crippen molar-refractivity contribution in [2.24, 2.45) is 5.92 Å². The monoisotopic (exact) mass is 400 g/mol. The van der Waals surface area contributed by atoms with Gasteiger partial charge >= 0.3 is 0 Å². The maximum atomic E-state index is 12.9.